The molecule has 5 heteroatoms. The van der Waals surface area contributed by atoms with Crippen molar-refractivity contribution in [3.63, 3.8) is 0 Å². The minimum atomic E-state index is -0.416. The van der Waals surface area contributed by atoms with Crippen LogP contribution >= 0.6 is 0 Å². The highest BCUT2D eigenvalue weighted by molar-refractivity contribution is 5.79. The van der Waals surface area contributed by atoms with Gasteiger partial charge in [0.1, 0.15) is 6.61 Å². The second-order valence-electron chi connectivity index (χ2n) is 7.46. The van der Waals surface area contributed by atoms with Gasteiger partial charge in [0.25, 0.3) is 0 Å². The Kier molecular flexibility index (Phi) is 5.14. The highest BCUT2D eigenvalue weighted by Gasteiger charge is 2.35. The quantitative estimate of drug-likeness (QED) is 0.822. The van der Waals surface area contributed by atoms with Crippen LogP contribution in [-0.4, -0.2) is 44.2 Å². The molecule has 4 rings (SSSR count). The van der Waals surface area contributed by atoms with E-state index in [0.717, 1.165) is 6.42 Å². The van der Waals surface area contributed by atoms with Crippen LogP contribution in [0.15, 0.2) is 48.5 Å². The predicted molar refractivity (Wildman–Crippen MR) is 103 cm³/mol. The molecule has 2 aliphatic rings. The van der Waals surface area contributed by atoms with E-state index in [1.165, 1.54) is 22.3 Å². The topological polar surface area (TPSA) is 67.8 Å². The summed E-state index contributed by atoms with van der Waals surface area (Å²) >= 11 is 0. The average molecular weight is 367 g/mol. The van der Waals surface area contributed by atoms with Crippen LogP contribution in [0.5, 0.6) is 0 Å². The fourth-order valence-electron chi connectivity index (χ4n) is 4.22. The molecule has 2 aromatic carbocycles. The minimum Gasteiger partial charge on any atom is -0.449 e. The van der Waals surface area contributed by atoms with Crippen LogP contribution in [0.1, 0.15) is 29.9 Å². The molecule has 142 valence electrons. The van der Waals surface area contributed by atoms with Gasteiger partial charge in [-0.2, -0.15) is 0 Å². The van der Waals surface area contributed by atoms with Gasteiger partial charge >= 0.3 is 6.09 Å². The number of rotatable bonds is 6. The Bertz CT molecular complexity index is 768. The smallest absolute Gasteiger partial charge is 0.407 e. The second-order valence-corrected chi connectivity index (χ2v) is 7.46. The molecule has 1 saturated heterocycles. The van der Waals surface area contributed by atoms with Gasteiger partial charge in [0.05, 0.1) is 6.61 Å². The number of benzene rings is 2. The van der Waals surface area contributed by atoms with Crippen LogP contribution in [-0.2, 0) is 9.47 Å². The third-order valence-corrected chi connectivity index (χ3v) is 5.78. The standard InChI is InChI=1S/C22H25NO4/c24-11-9-22(10-12-26-15-22)14-23-21(25)27-13-20-18-7-3-1-5-16(18)17-6-2-4-8-19(17)20/h1-8,20,24H,9-15H2,(H,23,25). The molecule has 1 amide bonds. The van der Waals surface area contributed by atoms with E-state index in [4.69, 9.17) is 9.47 Å². The Balaban J connectivity index is 1.39. The molecule has 1 atom stereocenters. The van der Waals surface area contributed by atoms with Crippen LogP contribution in [0.4, 0.5) is 4.79 Å². The van der Waals surface area contributed by atoms with E-state index < -0.39 is 6.09 Å². The highest BCUT2D eigenvalue weighted by Crippen LogP contribution is 2.44. The lowest BCUT2D eigenvalue weighted by Gasteiger charge is -2.26. The first-order valence-corrected chi connectivity index (χ1v) is 9.50. The molecule has 5 nitrogen and oxygen atoms in total. The molecular formula is C22H25NO4. The first-order valence-electron chi connectivity index (χ1n) is 9.50. The van der Waals surface area contributed by atoms with Gasteiger partial charge in [0.15, 0.2) is 0 Å². The maximum absolute atomic E-state index is 12.3. The number of carbonyl (C=O) groups is 1. The minimum absolute atomic E-state index is 0.0596. The normalized spacial score (nSPS) is 20.9. The van der Waals surface area contributed by atoms with Crippen molar-refractivity contribution in [1.29, 1.82) is 0 Å². The Labute approximate surface area is 159 Å². The highest BCUT2D eigenvalue weighted by atomic mass is 16.5. The Morgan fingerprint density at radius 2 is 1.81 bits per heavy atom. The third kappa shape index (κ3) is 3.57. The summed E-state index contributed by atoms with van der Waals surface area (Å²) in [6, 6.07) is 16.6. The molecule has 0 saturated carbocycles. The van der Waals surface area contributed by atoms with E-state index in [2.05, 4.69) is 29.6 Å². The van der Waals surface area contributed by atoms with Crippen LogP contribution in [0.2, 0.25) is 0 Å². The van der Waals surface area contributed by atoms with Crippen LogP contribution < -0.4 is 5.32 Å². The van der Waals surface area contributed by atoms with Gasteiger partial charge in [-0.25, -0.2) is 4.79 Å². The molecule has 0 bridgehead atoms. The number of aliphatic hydroxyl groups is 1. The van der Waals surface area contributed by atoms with E-state index in [0.29, 0.717) is 32.8 Å². The van der Waals surface area contributed by atoms with Gasteiger partial charge in [0, 0.05) is 31.1 Å². The summed E-state index contributed by atoms with van der Waals surface area (Å²) in [5.41, 5.74) is 4.65. The largest absolute Gasteiger partial charge is 0.449 e. The van der Waals surface area contributed by atoms with Crippen molar-refractivity contribution >= 4 is 6.09 Å². The van der Waals surface area contributed by atoms with Gasteiger partial charge in [-0.1, -0.05) is 48.5 Å². The molecule has 0 radical (unpaired) electrons. The van der Waals surface area contributed by atoms with Crippen molar-refractivity contribution in [2.45, 2.75) is 18.8 Å². The predicted octanol–water partition coefficient (Wildman–Crippen LogP) is 3.31. The zero-order chi connectivity index (χ0) is 18.7. The number of hydrogen-bond acceptors (Lipinski definition) is 4. The summed E-state index contributed by atoms with van der Waals surface area (Å²) in [7, 11) is 0. The number of nitrogens with one attached hydrogen (secondary N) is 1. The Morgan fingerprint density at radius 1 is 1.15 bits per heavy atom. The molecule has 1 fully saturated rings. The van der Waals surface area contributed by atoms with E-state index in [1.54, 1.807) is 0 Å². The molecule has 1 heterocycles. The maximum Gasteiger partial charge on any atom is 0.407 e. The summed E-state index contributed by atoms with van der Waals surface area (Å²) in [5.74, 6) is 0.0596. The van der Waals surface area contributed by atoms with Gasteiger partial charge in [-0.05, 0) is 35.1 Å². The monoisotopic (exact) mass is 367 g/mol. The molecule has 1 aliphatic heterocycles. The lowest BCUT2D eigenvalue weighted by Crippen LogP contribution is -2.39. The maximum atomic E-state index is 12.3. The van der Waals surface area contributed by atoms with Crippen molar-refractivity contribution in [1.82, 2.24) is 5.32 Å². The van der Waals surface area contributed by atoms with Crippen LogP contribution in [0.25, 0.3) is 11.1 Å². The Hall–Kier alpha value is -2.37. The summed E-state index contributed by atoms with van der Waals surface area (Å²) in [4.78, 5) is 12.3. The molecule has 0 aromatic heterocycles. The SMILES string of the molecule is O=C(NCC1(CCO)CCOC1)OCC1c2ccccc2-c2ccccc21. The van der Waals surface area contributed by atoms with E-state index in [9.17, 15) is 9.90 Å². The van der Waals surface area contributed by atoms with Crippen molar-refractivity contribution in [2.75, 3.05) is 33.0 Å². The van der Waals surface area contributed by atoms with Gasteiger partial charge in [-0.15, -0.1) is 0 Å². The molecule has 2 N–H and O–H groups in total. The lowest BCUT2D eigenvalue weighted by atomic mass is 9.84. The van der Waals surface area contributed by atoms with E-state index >= 15 is 0 Å². The molecular weight excluding hydrogens is 342 g/mol. The molecule has 1 aliphatic carbocycles. The lowest BCUT2D eigenvalue weighted by molar-refractivity contribution is 0.112. The van der Waals surface area contributed by atoms with Gasteiger partial charge < -0.3 is 19.9 Å². The number of carbonyl (C=O) groups excluding carboxylic acids is 1. The van der Waals surface area contributed by atoms with Crippen molar-refractivity contribution in [3.8, 4) is 11.1 Å². The number of hydrogen-bond donors (Lipinski definition) is 2. The first kappa shape index (κ1) is 18.0. The fraction of sp³-hybridized carbons (Fsp3) is 0.409. The summed E-state index contributed by atoms with van der Waals surface area (Å²) < 4.78 is 11.0. The van der Waals surface area contributed by atoms with E-state index in [-0.39, 0.29) is 17.9 Å². The zero-order valence-corrected chi connectivity index (χ0v) is 15.3. The zero-order valence-electron chi connectivity index (χ0n) is 15.3. The van der Waals surface area contributed by atoms with E-state index in [1.807, 2.05) is 24.3 Å². The third-order valence-electron chi connectivity index (χ3n) is 5.78. The summed E-state index contributed by atoms with van der Waals surface area (Å²) in [6.07, 6.45) is 1.05. The van der Waals surface area contributed by atoms with Gasteiger partial charge in [-0.3, -0.25) is 0 Å². The number of aliphatic hydroxyl groups excluding tert-OH is 1. The summed E-state index contributed by atoms with van der Waals surface area (Å²) in [6.45, 7) is 2.10. The molecule has 1 unspecified atom stereocenters. The Morgan fingerprint density at radius 3 is 2.41 bits per heavy atom. The number of amides is 1. The average Bonchev–Trinajstić information content (AvgIpc) is 3.28. The fourth-order valence-corrected chi connectivity index (χ4v) is 4.22. The first-order chi connectivity index (χ1) is 13.2. The van der Waals surface area contributed by atoms with Crippen molar-refractivity contribution < 1.29 is 19.4 Å². The van der Waals surface area contributed by atoms with Crippen molar-refractivity contribution in [2.24, 2.45) is 5.41 Å². The molecule has 27 heavy (non-hydrogen) atoms. The number of ether oxygens (including phenoxy) is 2. The number of alkyl carbamates (subject to hydrolysis) is 1. The number of fused-ring (bicyclic) bond motifs is 3. The van der Waals surface area contributed by atoms with Crippen LogP contribution in [0.3, 0.4) is 0 Å². The molecule has 2 aromatic rings. The van der Waals surface area contributed by atoms with Crippen LogP contribution in [0, 0.1) is 5.41 Å². The second kappa shape index (κ2) is 7.71. The summed E-state index contributed by atoms with van der Waals surface area (Å²) in [5, 5.41) is 12.2. The van der Waals surface area contributed by atoms with Crippen molar-refractivity contribution in [3.05, 3.63) is 59.7 Å². The molecule has 0 spiro atoms. The van der Waals surface area contributed by atoms with Gasteiger partial charge in [0.2, 0.25) is 0 Å².